The molecule has 2 aromatic carbocycles. The molecule has 2 amide bonds. The minimum atomic E-state index is -0.375. The van der Waals surface area contributed by atoms with E-state index < -0.39 is 0 Å². The SMILES string of the molecule is O=C1C=CC(=O)N1c1ccc(-c2nc(-c3ccc(Cl)cc3Cl)no2)cc1. The molecule has 0 N–H and O–H groups in total. The van der Waals surface area contributed by atoms with Gasteiger partial charge in [0.1, 0.15) is 0 Å². The molecule has 0 atom stereocenters. The molecule has 128 valence electrons. The van der Waals surface area contributed by atoms with Crippen LogP contribution in [0.25, 0.3) is 22.8 Å². The maximum absolute atomic E-state index is 11.7. The number of aromatic nitrogens is 2. The summed E-state index contributed by atoms with van der Waals surface area (Å²) in [5, 5.41) is 4.86. The largest absolute Gasteiger partial charge is 0.334 e. The van der Waals surface area contributed by atoms with E-state index in [4.69, 9.17) is 27.7 Å². The van der Waals surface area contributed by atoms with Crippen LogP contribution in [-0.2, 0) is 9.59 Å². The molecule has 6 nitrogen and oxygen atoms in total. The summed E-state index contributed by atoms with van der Waals surface area (Å²) in [6, 6.07) is 11.6. The molecule has 0 fully saturated rings. The summed E-state index contributed by atoms with van der Waals surface area (Å²) in [6.45, 7) is 0. The predicted octanol–water partition coefficient (Wildman–Crippen LogP) is 4.14. The molecule has 26 heavy (non-hydrogen) atoms. The van der Waals surface area contributed by atoms with Gasteiger partial charge in [-0.1, -0.05) is 28.4 Å². The molecule has 0 saturated heterocycles. The first-order chi connectivity index (χ1) is 12.5. The summed E-state index contributed by atoms with van der Waals surface area (Å²) in [5.74, 6) is -0.130. The molecule has 0 aliphatic carbocycles. The molecule has 2 heterocycles. The Kier molecular flexibility index (Phi) is 4.06. The number of nitrogens with zero attached hydrogens (tertiary/aromatic N) is 3. The molecule has 1 aromatic heterocycles. The highest BCUT2D eigenvalue weighted by atomic mass is 35.5. The maximum Gasteiger partial charge on any atom is 0.258 e. The van der Waals surface area contributed by atoms with Gasteiger partial charge >= 0.3 is 0 Å². The van der Waals surface area contributed by atoms with E-state index in [1.54, 1.807) is 42.5 Å². The molecule has 1 aliphatic heterocycles. The molecule has 0 unspecified atom stereocenters. The Morgan fingerprint density at radius 1 is 0.923 bits per heavy atom. The average molecular weight is 386 g/mol. The monoisotopic (exact) mass is 385 g/mol. The van der Waals surface area contributed by atoms with E-state index in [1.165, 1.54) is 12.2 Å². The highest BCUT2D eigenvalue weighted by Crippen LogP contribution is 2.30. The number of benzene rings is 2. The zero-order chi connectivity index (χ0) is 18.3. The van der Waals surface area contributed by atoms with E-state index in [0.29, 0.717) is 32.7 Å². The van der Waals surface area contributed by atoms with Gasteiger partial charge in [0.2, 0.25) is 5.82 Å². The van der Waals surface area contributed by atoms with Crippen molar-refractivity contribution in [2.45, 2.75) is 0 Å². The fourth-order valence-electron chi connectivity index (χ4n) is 2.53. The molecular formula is C18H9Cl2N3O3. The van der Waals surface area contributed by atoms with E-state index in [1.807, 2.05) is 0 Å². The van der Waals surface area contributed by atoms with Crippen LogP contribution in [0.15, 0.2) is 59.1 Å². The van der Waals surface area contributed by atoms with E-state index in [0.717, 1.165) is 4.90 Å². The minimum Gasteiger partial charge on any atom is -0.334 e. The zero-order valence-electron chi connectivity index (χ0n) is 13.0. The quantitative estimate of drug-likeness (QED) is 0.633. The van der Waals surface area contributed by atoms with Gasteiger partial charge in [0.15, 0.2) is 0 Å². The predicted molar refractivity (Wildman–Crippen MR) is 96.8 cm³/mol. The van der Waals surface area contributed by atoms with E-state index in [9.17, 15) is 9.59 Å². The molecule has 0 radical (unpaired) electrons. The van der Waals surface area contributed by atoms with Crippen molar-refractivity contribution >= 4 is 40.7 Å². The molecular weight excluding hydrogens is 377 g/mol. The van der Waals surface area contributed by atoms with Gasteiger partial charge in [-0.05, 0) is 42.5 Å². The highest BCUT2D eigenvalue weighted by Gasteiger charge is 2.25. The van der Waals surface area contributed by atoms with Gasteiger partial charge in [-0.3, -0.25) is 9.59 Å². The van der Waals surface area contributed by atoms with Gasteiger partial charge in [0.25, 0.3) is 17.7 Å². The fourth-order valence-corrected chi connectivity index (χ4v) is 3.02. The Morgan fingerprint density at radius 2 is 1.62 bits per heavy atom. The minimum absolute atomic E-state index is 0.287. The molecule has 3 aromatic rings. The normalized spacial score (nSPS) is 13.7. The molecule has 0 saturated carbocycles. The van der Waals surface area contributed by atoms with Gasteiger partial charge in [0, 0.05) is 28.3 Å². The van der Waals surface area contributed by atoms with Crippen molar-refractivity contribution in [2.75, 3.05) is 4.90 Å². The van der Waals surface area contributed by atoms with Crippen molar-refractivity contribution in [1.82, 2.24) is 10.1 Å². The van der Waals surface area contributed by atoms with E-state index >= 15 is 0 Å². The first-order valence-electron chi connectivity index (χ1n) is 7.48. The highest BCUT2D eigenvalue weighted by molar-refractivity contribution is 6.36. The number of amides is 2. The third-order valence-electron chi connectivity index (χ3n) is 3.78. The summed E-state index contributed by atoms with van der Waals surface area (Å²) in [6.07, 6.45) is 2.47. The second kappa shape index (κ2) is 6.40. The summed E-state index contributed by atoms with van der Waals surface area (Å²) < 4.78 is 5.29. The average Bonchev–Trinajstić information content (AvgIpc) is 3.22. The molecule has 0 spiro atoms. The van der Waals surface area contributed by atoms with Crippen molar-refractivity contribution < 1.29 is 14.1 Å². The lowest BCUT2D eigenvalue weighted by atomic mass is 10.2. The summed E-state index contributed by atoms with van der Waals surface area (Å²) in [4.78, 5) is 28.8. The Morgan fingerprint density at radius 3 is 2.27 bits per heavy atom. The lowest BCUT2D eigenvalue weighted by Gasteiger charge is -2.13. The van der Waals surface area contributed by atoms with Crippen LogP contribution in [0.1, 0.15) is 0 Å². The number of anilines is 1. The maximum atomic E-state index is 11.7. The summed E-state index contributed by atoms with van der Waals surface area (Å²) in [7, 11) is 0. The summed E-state index contributed by atoms with van der Waals surface area (Å²) in [5.41, 5.74) is 1.71. The number of imide groups is 1. The van der Waals surface area contributed by atoms with Crippen LogP contribution in [0, 0.1) is 0 Å². The van der Waals surface area contributed by atoms with Crippen LogP contribution >= 0.6 is 23.2 Å². The Hall–Kier alpha value is -2.96. The van der Waals surface area contributed by atoms with Crippen LogP contribution in [0.4, 0.5) is 5.69 Å². The topological polar surface area (TPSA) is 76.3 Å². The van der Waals surface area contributed by atoms with Crippen LogP contribution in [0.2, 0.25) is 10.0 Å². The summed E-state index contributed by atoms with van der Waals surface area (Å²) >= 11 is 12.0. The van der Waals surface area contributed by atoms with Gasteiger partial charge in [-0.25, -0.2) is 4.90 Å². The smallest absolute Gasteiger partial charge is 0.258 e. The van der Waals surface area contributed by atoms with Gasteiger partial charge < -0.3 is 4.52 Å². The first-order valence-corrected chi connectivity index (χ1v) is 8.24. The van der Waals surface area contributed by atoms with Crippen molar-refractivity contribution in [3.05, 3.63) is 64.7 Å². The Balaban J connectivity index is 1.62. The number of rotatable bonds is 3. The van der Waals surface area contributed by atoms with Crippen molar-refractivity contribution in [2.24, 2.45) is 0 Å². The number of hydrogen-bond donors (Lipinski definition) is 0. The number of carbonyl (C=O) groups excluding carboxylic acids is 2. The third-order valence-corrected chi connectivity index (χ3v) is 4.33. The number of carbonyl (C=O) groups is 2. The van der Waals surface area contributed by atoms with Gasteiger partial charge in [-0.15, -0.1) is 0 Å². The molecule has 4 rings (SSSR count). The Labute approximate surface area is 157 Å². The van der Waals surface area contributed by atoms with Gasteiger partial charge in [0.05, 0.1) is 10.7 Å². The van der Waals surface area contributed by atoms with Crippen LogP contribution in [0.5, 0.6) is 0 Å². The van der Waals surface area contributed by atoms with Crippen LogP contribution in [0.3, 0.4) is 0 Å². The van der Waals surface area contributed by atoms with Crippen molar-refractivity contribution in [1.29, 1.82) is 0 Å². The van der Waals surface area contributed by atoms with E-state index in [2.05, 4.69) is 10.1 Å². The number of halogens is 2. The zero-order valence-corrected chi connectivity index (χ0v) is 14.5. The van der Waals surface area contributed by atoms with Crippen molar-refractivity contribution in [3.8, 4) is 22.8 Å². The molecule has 8 heteroatoms. The molecule has 1 aliphatic rings. The second-order valence-corrected chi connectivity index (χ2v) is 6.28. The fraction of sp³-hybridized carbons (Fsp3) is 0. The third kappa shape index (κ3) is 2.89. The molecule has 0 bridgehead atoms. The van der Waals surface area contributed by atoms with Gasteiger partial charge in [-0.2, -0.15) is 4.98 Å². The van der Waals surface area contributed by atoms with Crippen molar-refractivity contribution in [3.63, 3.8) is 0 Å². The second-order valence-electron chi connectivity index (χ2n) is 5.44. The standard InChI is InChI=1S/C18H9Cl2N3O3/c19-11-3-6-13(14(20)9-11)17-21-18(26-22-17)10-1-4-12(5-2-10)23-15(24)7-8-16(23)25/h1-9H. The van der Waals surface area contributed by atoms with Crippen LogP contribution in [-0.4, -0.2) is 22.0 Å². The number of hydrogen-bond acceptors (Lipinski definition) is 5. The first kappa shape index (κ1) is 16.5. The van der Waals surface area contributed by atoms with Crippen LogP contribution < -0.4 is 4.90 Å². The Bertz CT molecular complexity index is 1040. The van der Waals surface area contributed by atoms with E-state index in [-0.39, 0.29) is 17.7 Å². The lowest BCUT2D eigenvalue weighted by molar-refractivity contribution is -0.119. The lowest BCUT2D eigenvalue weighted by Crippen LogP contribution is -2.29.